The number of primary amides is 1. The van der Waals surface area contributed by atoms with Gasteiger partial charge in [0.2, 0.25) is 0 Å². The van der Waals surface area contributed by atoms with E-state index in [4.69, 9.17) is 5.73 Å². The molecule has 0 heterocycles. The summed E-state index contributed by atoms with van der Waals surface area (Å²) in [4.78, 5) is 10.8. The molecule has 13 heavy (non-hydrogen) atoms. The fourth-order valence-corrected chi connectivity index (χ4v) is 2.81. The maximum Gasteiger partial charge on any atom is 0.329 e. The summed E-state index contributed by atoms with van der Waals surface area (Å²) in [5.41, 5.74) is 5.76. The third-order valence-corrected chi connectivity index (χ3v) is 2.97. The summed E-state index contributed by atoms with van der Waals surface area (Å²) >= 11 is 8.30. The highest BCUT2D eigenvalue weighted by molar-refractivity contribution is 14.1. The summed E-state index contributed by atoms with van der Waals surface area (Å²) in [5, 5.41) is 0. The fraction of sp³-hybridized carbons (Fsp3) is 0. The molecule has 1 rings (SSSR count). The summed E-state index contributed by atoms with van der Waals surface area (Å²) in [5.74, 6) is 0. The number of thiol groups is 1. The first-order valence-electron chi connectivity index (χ1n) is 3.25. The van der Waals surface area contributed by atoms with Crippen molar-refractivity contribution < 1.29 is 4.79 Å². The summed E-state index contributed by atoms with van der Waals surface area (Å²) in [7, 11) is 0. The Hall–Kier alpha value is 0.300. The normalized spacial score (nSPS) is 9.77. The zero-order valence-corrected chi connectivity index (χ0v) is 11.6. The molecule has 1 aromatic carbocycles. The largest absolute Gasteiger partial charge is 0.350 e. The number of nitrogens with two attached hydrogens (primary N) is 1. The van der Waals surface area contributed by atoms with Gasteiger partial charge in [-0.15, -0.1) is 0 Å². The van der Waals surface area contributed by atoms with E-state index in [1.54, 1.807) is 0 Å². The van der Waals surface area contributed by atoms with Crippen LogP contribution in [-0.2, 0) is 0 Å². The van der Waals surface area contributed by atoms with Crippen molar-refractivity contribution in [3.63, 3.8) is 0 Å². The van der Waals surface area contributed by atoms with E-state index in [0.717, 1.165) is 11.4 Å². The van der Waals surface area contributed by atoms with E-state index in [1.165, 1.54) is 0 Å². The molecule has 2 amide bonds. The van der Waals surface area contributed by atoms with Crippen LogP contribution >= 0.6 is 58.0 Å². The van der Waals surface area contributed by atoms with Crippen molar-refractivity contribution in [2.24, 2.45) is 5.73 Å². The molecule has 3 nitrogen and oxygen atoms in total. The van der Waals surface area contributed by atoms with Gasteiger partial charge in [0, 0.05) is 7.14 Å². The van der Waals surface area contributed by atoms with Crippen LogP contribution in [0.2, 0.25) is 0 Å². The van der Waals surface area contributed by atoms with Gasteiger partial charge >= 0.3 is 6.03 Å². The lowest BCUT2D eigenvalue weighted by atomic mass is 10.3. The SMILES string of the molecule is NC(=O)N(S)c1cc(I)cc(I)c1. The van der Waals surface area contributed by atoms with Crippen LogP contribution in [0.5, 0.6) is 0 Å². The highest BCUT2D eigenvalue weighted by Gasteiger charge is 2.08. The smallest absolute Gasteiger partial charge is 0.329 e. The van der Waals surface area contributed by atoms with Gasteiger partial charge in [-0.05, 0) is 63.4 Å². The second-order valence-corrected chi connectivity index (χ2v) is 5.17. The van der Waals surface area contributed by atoms with E-state index in [2.05, 4.69) is 58.0 Å². The number of hydrogen-bond acceptors (Lipinski definition) is 2. The Morgan fingerprint density at radius 2 is 1.77 bits per heavy atom. The van der Waals surface area contributed by atoms with Gasteiger partial charge < -0.3 is 5.73 Å². The van der Waals surface area contributed by atoms with Crippen LogP contribution in [0.4, 0.5) is 10.5 Å². The van der Waals surface area contributed by atoms with Gasteiger partial charge in [0.25, 0.3) is 0 Å². The van der Waals surface area contributed by atoms with Gasteiger partial charge in [-0.1, -0.05) is 12.8 Å². The van der Waals surface area contributed by atoms with Crippen molar-refractivity contribution in [3.8, 4) is 0 Å². The number of urea groups is 1. The van der Waals surface area contributed by atoms with E-state index in [9.17, 15) is 4.79 Å². The minimum Gasteiger partial charge on any atom is -0.350 e. The van der Waals surface area contributed by atoms with Crippen molar-refractivity contribution in [2.45, 2.75) is 0 Å². The Kier molecular flexibility index (Phi) is 4.10. The second kappa shape index (κ2) is 4.69. The predicted molar refractivity (Wildman–Crippen MR) is 72.9 cm³/mol. The van der Waals surface area contributed by atoms with E-state index in [0.29, 0.717) is 5.69 Å². The molecular formula is C7H6I2N2OS. The number of anilines is 1. The van der Waals surface area contributed by atoms with Crippen LogP contribution in [0, 0.1) is 7.14 Å². The molecule has 0 saturated heterocycles. The maximum atomic E-state index is 10.8. The van der Waals surface area contributed by atoms with Crippen molar-refractivity contribution >= 4 is 69.7 Å². The first-order chi connectivity index (χ1) is 6.00. The molecule has 2 N–H and O–H groups in total. The third-order valence-electron chi connectivity index (χ3n) is 1.30. The molecule has 0 saturated carbocycles. The predicted octanol–water partition coefficient (Wildman–Crippen LogP) is 2.63. The van der Waals surface area contributed by atoms with E-state index >= 15 is 0 Å². The third kappa shape index (κ3) is 3.17. The number of carbonyl (C=O) groups excluding carboxylic acids is 1. The molecule has 0 aliphatic carbocycles. The molecule has 0 bridgehead atoms. The minimum atomic E-state index is -0.582. The number of rotatable bonds is 1. The fourth-order valence-electron chi connectivity index (χ4n) is 0.789. The molecule has 1 aromatic rings. The molecule has 0 aliphatic heterocycles. The summed E-state index contributed by atoms with van der Waals surface area (Å²) in [6.07, 6.45) is 0. The number of nitrogens with zero attached hydrogens (tertiary/aromatic N) is 1. The highest BCUT2D eigenvalue weighted by atomic mass is 127. The lowest BCUT2D eigenvalue weighted by Gasteiger charge is -2.13. The molecule has 0 spiro atoms. The molecule has 0 atom stereocenters. The van der Waals surface area contributed by atoms with Crippen LogP contribution in [0.1, 0.15) is 0 Å². The Balaban J connectivity index is 3.07. The number of benzene rings is 1. The van der Waals surface area contributed by atoms with Crippen molar-refractivity contribution in [2.75, 3.05) is 4.31 Å². The van der Waals surface area contributed by atoms with Gasteiger partial charge in [0.15, 0.2) is 0 Å². The van der Waals surface area contributed by atoms with E-state index in [-0.39, 0.29) is 0 Å². The topological polar surface area (TPSA) is 46.3 Å². The van der Waals surface area contributed by atoms with Gasteiger partial charge in [0.05, 0.1) is 5.69 Å². The van der Waals surface area contributed by atoms with Crippen molar-refractivity contribution in [1.82, 2.24) is 0 Å². The number of hydrogen-bond donors (Lipinski definition) is 2. The average Bonchev–Trinajstić information content (AvgIpc) is 2.01. The molecule has 0 aliphatic rings. The second-order valence-electron chi connectivity index (χ2n) is 2.28. The summed E-state index contributed by atoms with van der Waals surface area (Å²) in [6.45, 7) is 0. The number of carbonyl (C=O) groups is 1. The van der Waals surface area contributed by atoms with Gasteiger partial charge in [0.1, 0.15) is 0 Å². The van der Waals surface area contributed by atoms with Crippen molar-refractivity contribution in [3.05, 3.63) is 25.3 Å². The van der Waals surface area contributed by atoms with Gasteiger partial charge in [-0.25, -0.2) is 9.10 Å². The van der Waals surface area contributed by atoms with Crippen LogP contribution < -0.4 is 10.0 Å². The molecule has 0 unspecified atom stereocenters. The first kappa shape index (κ1) is 11.4. The molecule has 0 radical (unpaired) electrons. The standard InChI is InChI=1S/C7H6I2N2OS/c8-4-1-5(9)3-6(2-4)11(13)7(10)12/h1-3,13H,(H2,10,12). The first-order valence-corrected chi connectivity index (χ1v) is 5.81. The maximum absolute atomic E-state index is 10.8. The van der Waals surface area contributed by atoms with Crippen LogP contribution in [-0.4, -0.2) is 6.03 Å². The monoisotopic (exact) mass is 420 g/mol. The lowest BCUT2D eigenvalue weighted by Crippen LogP contribution is -2.27. The number of halogens is 2. The Morgan fingerprint density at radius 3 is 2.15 bits per heavy atom. The zero-order chi connectivity index (χ0) is 10.0. The molecule has 6 heteroatoms. The highest BCUT2D eigenvalue weighted by Crippen LogP contribution is 2.22. The van der Waals surface area contributed by atoms with Crippen LogP contribution in [0.15, 0.2) is 18.2 Å². The lowest BCUT2D eigenvalue weighted by molar-refractivity contribution is 0.257. The minimum absolute atomic E-state index is 0.582. The van der Waals surface area contributed by atoms with Gasteiger partial charge in [-0.2, -0.15) is 0 Å². The van der Waals surface area contributed by atoms with Gasteiger partial charge in [-0.3, -0.25) is 0 Å². The van der Waals surface area contributed by atoms with Crippen molar-refractivity contribution in [1.29, 1.82) is 0 Å². The number of amides is 2. The van der Waals surface area contributed by atoms with E-state index < -0.39 is 6.03 Å². The zero-order valence-electron chi connectivity index (χ0n) is 6.37. The molecular weight excluding hydrogens is 414 g/mol. The quantitative estimate of drug-likeness (QED) is 0.533. The Bertz CT molecular complexity index is 325. The average molecular weight is 420 g/mol. The molecule has 0 aromatic heterocycles. The van der Waals surface area contributed by atoms with Crippen LogP contribution in [0.25, 0.3) is 0 Å². The Morgan fingerprint density at radius 1 is 1.31 bits per heavy atom. The van der Waals surface area contributed by atoms with Crippen LogP contribution in [0.3, 0.4) is 0 Å². The summed E-state index contributed by atoms with van der Waals surface area (Å²) in [6, 6.07) is 5.08. The molecule has 70 valence electrons. The Labute approximate surface area is 109 Å². The summed E-state index contributed by atoms with van der Waals surface area (Å²) < 4.78 is 3.20. The molecule has 0 fully saturated rings. The van der Waals surface area contributed by atoms with E-state index in [1.807, 2.05) is 18.2 Å².